The minimum absolute atomic E-state index is 0.408. The van der Waals surface area contributed by atoms with Gasteiger partial charge < -0.3 is 4.74 Å². The zero-order valence-electron chi connectivity index (χ0n) is 9.72. The Balaban J connectivity index is 3.09. The van der Waals surface area contributed by atoms with Crippen LogP contribution in [0.15, 0.2) is 0 Å². The summed E-state index contributed by atoms with van der Waals surface area (Å²) in [6.45, 7) is 13.0. The van der Waals surface area contributed by atoms with Gasteiger partial charge in [0.05, 0.1) is 6.61 Å². The van der Waals surface area contributed by atoms with Crippen LogP contribution in [0, 0.1) is 5.41 Å². The molecule has 13 heavy (non-hydrogen) atoms. The van der Waals surface area contributed by atoms with Crippen molar-refractivity contribution >= 4 is 11.8 Å². The summed E-state index contributed by atoms with van der Waals surface area (Å²) in [7, 11) is 0. The fraction of sp³-hybridized carbons (Fsp3) is 1.00. The van der Waals surface area contributed by atoms with Crippen LogP contribution < -0.4 is 0 Å². The van der Waals surface area contributed by atoms with E-state index >= 15 is 0 Å². The van der Waals surface area contributed by atoms with Gasteiger partial charge in [0.15, 0.2) is 0 Å². The Kier molecular flexibility index (Phi) is 6.88. The minimum atomic E-state index is 0.408. The quantitative estimate of drug-likeness (QED) is 0.612. The second-order valence-corrected chi connectivity index (χ2v) is 6.53. The standard InChI is InChI=1S/C11H24OS/c1-10(2)13-9-8-12-7-6-11(3,4)5/h10H,6-9H2,1-5H3. The molecule has 0 radical (unpaired) electrons. The monoisotopic (exact) mass is 204 g/mol. The summed E-state index contributed by atoms with van der Waals surface area (Å²) in [6.07, 6.45) is 1.15. The van der Waals surface area contributed by atoms with Crippen molar-refractivity contribution in [2.75, 3.05) is 19.0 Å². The van der Waals surface area contributed by atoms with Crippen LogP contribution >= 0.6 is 11.8 Å². The van der Waals surface area contributed by atoms with Gasteiger partial charge in [-0.2, -0.15) is 11.8 Å². The summed E-state index contributed by atoms with van der Waals surface area (Å²) in [5, 5.41) is 0.728. The third kappa shape index (κ3) is 12.3. The Labute approximate surface area is 87.6 Å². The normalized spacial score (nSPS) is 12.5. The van der Waals surface area contributed by atoms with Gasteiger partial charge in [0, 0.05) is 12.4 Å². The summed E-state index contributed by atoms with van der Waals surface area (Å²) >= 11 is 1.96. The Bertz CT molecular complexity index is 116. The Morgan fingerprint density at radius 1 is 1.15 bits per heavy atom. The highest BCUT2D eigenvalue weighted by molar-refractivity contribution is 7.99. The zero-order valence-corrected chi connectivity index (χ0v) is 10.5. The summed E-state index contributed by atoms with van der Waals surface area (Å²) in [4.78, 5) is 0. The lowest BCUT2D eigenvalue weighted by Crippen LogP contribution is -2.10. The molecule has 0 aliphatic heterocycles. The van der Waals surface area contributed by atoms with Crippen molar-refractivity contribution in [3.05, 3.63) is 0 Å². The van der Waals surface area contributed by atoms with E-state index in [1.807, 2.05) is 11.8 Å². The predicted molar refractivity (Wildman–Crippen MR) is 62.5 cm³/mol. The second kappa shape index (κ2) is 6.72. The Morgan fingerprint density at radius 3 is 2.23 bits per heavy atom. The summed E-state index contributed by atoms with van der Waals surface area (Å²) in [6, 6.07) is 0. The fourth-order valence-corrected chi connectivity index (χ4v) is 1.51. The largest absolute Gasteiger partial charge is 0.381 e. The van der Waals surface area contributed by atoms with Crippen LogP contribution in [0.3, 0.4) is 0 Å². The van der Waals surface area contributed by atoms with Crippen LogP contribution in [0.25, 0.3) is 0 Å². The zero-order chi connectivity index (χ0) is 10.3. The number of thioether (sulfide) groups is 1. The van der Waals surface area contributed by atoms with Gasteiger partial charge >= 0.3 is 0 Å². The van der Waals surface area contributed by atoms with E-state index in [1.54, 1.807) is 0 Å². The van der Waals surface area contributed by atoms with Crippen molar-refractivity contribution in [2.45, 2.75) is 46.3 Å². The molecule has 0 heterocycles. The molecule has 0 atom stereocenters. The number of ether oxygens (including phenoxy) is 1. The Hall–Kier alpha value is 0.310. The molecule has 0 spiro atoms. The van der Waals surface area contributed by atoms with E-state index in [1.165, 1.54) is 0 Å². The highest BCUT2D eigenvalue weighted by Gasteiger charge is 2.08. The van der Waals surface area contributed by atoms with Crippen LogP contribution in [0.4, 0.5) is 0 Å². The third-order valence-electron chi connectivity index (χ3n) is 1.68. The molecule has 0 bridgehead atoms. The molecule has 2 heteroatoms. The van der Waals surface area contributed by atoms with Crippen molar-refractivity contribution in [2.24, 2.45) is 5.41 Å². The molecule has 0 aliphatic carbocycles. The Morgan fingerprint density at radius 2 is 1.77 bits per heavy atom. The molecular formula is C11H24OS. The van der Waals surface area contributed by atoms with Gasteiger partial charge in [0.25, 0.3) is 0 Å². The molecule has 0 rings (SSSR count). The van der Waals surface area contributed by atoms with Crippen molar-refractivity contribution in [1.82, 2.24) is 0 Å². The van der Waals surface area contributed by atoms with Crippen LogP contribution in [0.2, 0.25) is 0 Å². The highest BCUT2D eigenvalue weighted by atomic mass is 32.2. The molecule has 0 aliphatic rings. The molecule has 80 valence electrons. The van der Waals surface area contributed by atoms with Crippen LogP contribution in [-0.4, -0.2) is 24.2 Å². The molecule has 0 N–H and O–H groups in total. The van der Waals surface area contributed by atoms with Crippen LogP contribution in [-0.2, 0) is 4.74 Å². The first-order valence-corrected chi connectivity index (χ1v) is 6.16. The smallest absolute Gasteiger partial charge is 0.0556 e. The van der Waals surface area contributed by atoms with E-state index in [9.17, 15) is 0 Å². The average molecular weight is 204 g/mol. The van der Waals surface area contributed by atoms with Crippen molar-refractivity contribution in [1.29, 1.82) is 0 Å². The average Bonchev–Trinajstić information content (AvgIpc) is 1.93. The van der Waals surface area contributed by atoms with E-state index in [0.717, 1.165) is 30.6 Å². The number of hydrogen-bond acceptors (Lipinski definition) is 2. The predicted octanol–water partition coefficient (Wildman–Crippen LogP) is 3.58. The first-order valence-electron chi connectivity index (χ1n) is 5.11. The highest BCUT2D eigenvalue weighted by Crippen LogP contribution is 2.18. The van der Waals surface area contributed by atoms with Gasteiger partial charge in [-0.25, -0.2) is 0 Å². The molecule has 0 aromatic carbocycles. The van der Waals surface area contributed by atoms with Gasteiger partial charge in [0.1, 0.15) is 0 Å². The van der Waals surface area contributed by atoms with Crippen molar-refractivity contribution in [3.8, 4) is 0 Å². The summed E-state index contributed by atoms with van der Waals surface area (Å²) in [5.74, 6) is 1.13. The lowest BCUT2D eigenvalue weighted by atomic mass is 9.93. The lowest BCUT2D eigenvalue weighted by molar-refractivity contribution is 0.121. The molecule has 0 amide bonds. The van der Waals surface area contributed by atoms with Crippen molar-refractivity contribution < 1.29 is 4.74 Å². The molecule has 1 nitrogen and oxygen atoms in total. The van der Waals surface area contributed by atoms with Crippen LogP contribution in [0.5, 0.6) is 0 Å². The van der Waals surface area contributed by atoms with E-state index in [2.05, 4.69) is 34.6 Å². The van der Waals surface area contributed by atoms with Crippen LogP contribution in [0.1, 0.15) is 41.0 Å². The van der Waals surface area contributed by atoms with E-state index in [-0.39, 0.29) is 0 Å². The number of rotatable bonds is 6. The topological polar surface area (TPSA) is 9.23 Å². The lowest BCUT2D eigenvalue weighted by Gasteiger charge is -2.17. The fourth-order valence-electron chi connectivity index (χ4n) is 0.823. The molecule has 0 saturated heterocycles. The molecule has 0 aromatic rings. The first kappa shape index (κ1) is 13.3. The van der Waals surface area contributed by atoms with Gasteiger partial charge in [-0.1, -0.05) is 34.6 Å². The SMILES string of the molecule is CC(C)SCCOCCC(C)(C)C. The molecule has 0 unspecified atom stereocenters. The second-order valence-electron chi connectivity index (χ2n) is 4.84. The van der Waals surface area contributed by atoms with Crippen molar-refractivity contribution in [3.63, 3.8) is 0 Å². The van der Waals surface area contributed by atoms with E-state index < -0.39 is 0 Å². The van der Waals surface area contributed by atoms with Gasteiger partial charge in [-0.3, -0.25) is 0 Å². The third-order valence-corrected chi connectivity index (χ3v) is 2.74. The first-order chi connectivity index (χ1) is 5.92. The van der Waals surface area contributed by atoms with Gasteiger partial charge in [0.2, 0.25) is 0 Å². The number of hydrogen-bond donors (Lipinski definition) is 0. The minimum Gasteiger partial charge on any atom is -0.381 e. The molecule has 0 saturated carbocycles. The maximum Gasteiger partial charge on any atom is 0.0556 e. The molecule has 0 fully saturated rings. The maximum atomic E-state index is 5.54. The van der Waals surface area contributed by atoms with E-state index in [4.69, 9.17) is 4.74 Å². The van der Waals surface area contributed by atoms with E-state index in [0.29, 0.717) is 5.41 Å². The molecule has 0 aromatic heterocycles. The maximum absolute atomic E-state index is 5.54. The molecular weight excluding hydrogens is 180 g/mol. The van der Waals surface area contributed by atoms with Gasteiger partial charge in [-0.05, 0) is 17.1 Å². The van der Waals surface area contributed by atoms with Gasteiger partial charge in [-0.15, -0.1) is 0 Å². The summed E-state index contributed by atoms with van der Waals surface area (Å²) < 4.78 is 5.54. The summed E-state index contributed by atoms with van der Waals surface area (Å²) in [5.41, 5.74) is 0.408.